The summed E-state index contributed by atoms with van der Waals surface area (Å²) in [6.45, 7) is 3.00. The van der Waals surface area contributed by atoms with Crippen LogP contribution in [0.1, 0.15) is 37.8 Å². The van der Waals surface area contributed by atoms with Crippen molar-refractivity contribution < 1.29 is 9.47 Å². The summed E-state index contributed by atoms with van der Waals surface area (Å²) >= 11 is 2.01. The lowest BCUT2D eigenvalue weighted by molar-refractivity contribution is -0.0960. The number of thioether (sulfide) groups is 1. The van der Waals surface area contributed by atoms with Gasteiger partial charge in [0.1, 0.15) is 11.9 Å². The number of nitrogens with one attached hydrogen (secondary N) is 1. The highest BCUT2D eigenvalue weighted by Gasteiger charge is 2.41. The average Bonchev–Trinajstić information content (AvgIpc) is 2.95. The van der Waals surface area contributed by atoms with Crippen LogP contribution in [0.2, 0.25) is 0 Å². The van der Waals surface area contributed by atoms with Gasteiger partial charge in [-0.1, -0.05) is 18.2 Å². The summed E-state index contributed by atoms with van der Waals surface area (Å²) in [7, 11) is 1.99. The monoisotopic (exact) mass is 307 g/mol. The predicted octanol–water partition coefficient (Wildman–Crippen LogP) is 3.40. The van der Waals surface area contributed by atoms with Crippen molar-refractivity contribution in [1.82, 2.24) is 5.32 Å². The van der Waals surface area contributed by atoms with Crippen molar-refractivity contribution in [3.63, 3.8) is 0 Å². The van der Waals surface area contributed by atoms with Crippen molar-refractivity contribution in [2.24, 2.45) is 0 Å². The quantitative estimate of drug-likeness (QED) is 0.923. The molecule has 21 heavy (non-hydrogen) atoms. The van der Waals surface area contributed by atoms with E-state index < -0.39 is 0 Å². The van der Waals surface area contributed by atoms with Crippen LogP contribution < -0.4 is 10.1 Å². The molecule has 2 heterocycles. The van der Waals surface area contributed by atoms with Crippen LogP contribution in [-0.2, 0) is 4.74 Å². The topological polar surface area (TPSA) is 30.5 Å². The summed E-state index contributed by atoms with van der Waals surface area (Å²) in [4.78, 5) is 0. The molecule has 2 aliphatic rings. The molecule has 1 aromatic carbocycles. The van der Waals surface area contributed by atoms with Gasteiger partial charge < -0.3 is 14.8 Å². The van der Waals surface area contributed by atoms with Crippen LogP contribution in [0.5, 0.6) is 5.75 Å². The van der Waals surface area contributed by atoms with Crippen molar-refractivity contribution in [2.75, 3.05) is 25.2 Å². The fraction of sp³-hybridized carbons (Fsp3) is 0.647. The standard InChI is InChI=1S/C17H25NO2S/c1-13(18-2)15-5-3-4-6-16(15)20-14-7-9-19-17(11-14)8-10-21-12-17/h3-6,13-14,18H,7-12H2,1-2H3. The third-order valence-electron chi connectivity index (χ3n) is 4.63. The van der Waals surface area contributed by atoms with E-state index in [4.69, 9.17) is 9.47 Å². The number of ether oxygens (including phenoxy) is 2. The molecule has 4 heteroatoms. The Balaban J connectivity index is 1.71. The Kier molecular flexibility index (Phi) is 4.77. The minimum absolute atomic E-state index is 0.0805. The smallest absolute Gasteiger partial charge is 0.124 e. The molecule has 3 rings (SSSR count). The van der Waals surface area contributed by atoms with Gasteiger partial charge in [0.2, 0.25) is 0 Å². The molecule has 3 unspecified atom stereocenters. The van der Waals surface area contributed by atoms with Crippen LogP contribution in [0.25, 0.3) is 0 Å². The van der Waals surface area contributed by atoms with Gasteiger partial charge in [-0.3, -0.25) is 0 Å². The van der Waals surface area contributed by atoms with Crippen molar-refractivity contribution in [3.05, 3.63) is 29.8 Å². The summed E-state index contributed by atoms with van der Waals surface area (Å²) in [5.41, 5.74) is 1.32. The first-order valence-corrected chi connectivity index (χ1v) is 9.02. The average molecular weight is 307 g/mol. The van der Waals surface area contributed by atoms with E-state index in [1.807, 2.05) is 18.8 Å². The van der Waals surface area contributed by atoms with Crippen molar-refractivity contribution in [3.8, 4) is 5.75 Å². The highest BCUT2D eigenvalue weighted by atomic mass is 32.2. The zero-order valence-electron chi connectivity index (χ0n) is 12.9. The second-order valence-electron chi connectivity index (χ2n) is 6.11. The molecule has 2 fully saturated rings. The maximum absolute atomic E-state index is 6.37. The second kappa shape index (κ2) is 6.59. The number of hydrogen-bond acceptors (Lipinski definition) is 4. The Bertz CT molecular complexity index is 474. The molecule has 1 spiro atoms. The molecule has 1 aromatic rings. The molecule has 0 saturated carbocycles. The van der Waals surface area contributed by atoms with Gasteiger partial charge in [-0.2, -0.15) is 11.8 Å². The van der Waals surface area contributed by atoms with Gasteiger partial charge in [-0.05, 0) is 32.2 Å². The van der Waals surface area contributed by atoms with Crippen molar-refractivity contribution in [2.45, 2.75) is 43.9 Å². The van der Waals surface area contributed by atoms with Gasteiger partial charge in [-0.15, -0.1) is 0 Å². The molecule has 0 aromatic heterocycles. The van der Waals surface area contributed by atoms with Crippen LogP contribution in [0.4, 0.5) is 0 Å². The minimum Gasteiger partial charge on any atom is -0.490 e. The molecule has 3 atom stereocenters. The molecular formula is C17H25NO2S. The highest BCUT2D eigenvalue weighted by Crippen LogP contribution is 2.39. The van der Waals surface area contributed by atoms with E-state index in [1.54, 1.807) is 0 Å². The molecule has 116 valence electrons. The molecule has 3 nitrogen and oxygen atoms in total. The lowest BCUT2D eigenvalue weighted by Gasteiger charge is -2.38. The van der Waals surface area contributed by atoms with Crippen LogP contribution >= 0.6 is 11.8 Å². The fourth-order valence-electron chi connectivity index (χ4n) is 3.23. The lowest BCUT2D eigenvalue weighted by Crippen LogP contribution is -2.44. The Morgan fingerprint density at radius 3 is 3.05 bits per heavy atom. The molecule has 0 aliphatic carbocycles. The summed E-state index contributed by atoms with van der Waals surface area (Å²) in [6.07, 6.45) is 3.48. The lowest BCUT2D eigenvalue weighted by atomic mass is 9.91. The summed E-state index contributed by atoms with van der Waals surface area (Å²) in [5.74, 6) is 3.37. The minimum atomic E-state index is 0.0805. The van der Waals surface area contributed by atoms with E-state index in [0.717, 1.165) is 31.0 Å². The van der Waals surface area contributed by atoms with Gasteiger partial charge in [0.15, 0.2) is 0 Å². The molecule has 2 aliphatic heterocycles. The van der Waals surface area contributed by atoms with Crippen LogP contribution in [0.3, 0.4) is 0 Å². The molecule has 0 amide bonds. The Morgan fingerprint density at radius 2 is 2.29 bits per heavy atom. The van der Waals surface area contributed by atoms with Gasteiger partial charge in [0, 0.05) is 30.2 Å². The first-order chi connectivity index (χ1) is 10.2. The zero-order valence-corrected chi connectivity index (χ0v) is 13.7. The zero-order chi connectivity index (χ0) is 14.7. The van der Waals surface area contributed by atoms with Crippen molar-refractivity contribution in [1.29, 1.82) is 0 Å². The van der Waals surface area contributed by atoms with Gasteiger partial charge in [0.05, 0.1) is 12.2 Å². The van der Waals surface area contributed by atoms with Gasteiger partial charge >= 0.3 is 0 Å². The third kappa shape index (κ3) is 3.38. The third-order valence-corrected chi connectivity index (χ3v) is 5.85. The van der Waals surface area contributed by atoms with E-state index >= 15 is 0 Å². The summed E-state index contributed by atoms with van der Waals surface area (Å²) in [6, 6.07) is 8.68. The predicted molar refractivity (Wildman–Crippen MR) is 88.2 cm³/mol. The van der Waals surface area contributed by atoms with Crippen LogP contribution in [0.15, 0.2) is 24.3 Å². The van der Waals surface area contributed by atoms with E-state index in [0.29, 0.717) is 6.04 Å². The molecular weight excluding hydrogens is 282 g/mol. The maximum atomic E-state index is 6.37. The Labute approximate surface area is 131 Å². The largest absolute Gasteiger partial charge is 0.490 e. The first-order valence-electron chi connectivity index (χ1n) is 7.87. The maximum Gasteiger partial charge on any atom is 0.124 e. The van der Waals surface area contributed by atoms with E-state index in [9.17, 15) is 0 Å². The number of rotatable bonds is 4. The highest BCUT2D eigenvalue weighted by molar-refractivity contribution is 7.99. The van der Waals surface area contributed by atoms with E-state index in [2.05, 4.69) is 36.5 Å². The summed E-state index contributed by atoms with van der Waals surface area (Å²) < 4.78 is 12.4. The summed E-state index contributed by atoms with van der Waals surface area (Å²) in [5, 5.41) is 3.30. The van der Waals surface area contributed by atoms with Gasteiger partial charge in [-0.25, -0.2) is 0 Å². The second-order valence-corrected chi connectivity index (χ2v) is 7.22. The van der Waals surface area contributed by atoms with E-state index in [1.165, 1.54) is 17.7 Å². The molecule has 1 N–H and O–H groups in total. The molecule has 0 radical (unpaired) electrons. The molecule has 2 saturated heterocycles. The number of hydrogen-bond donors (Lipinski definition) is 1. The Hall–Kier alpha value is -0.710. The van der Waals surface area contributed by atoms with Crippen LogP contribution in [-0.4, -0.2) is 36.9 Å². The normalized spacial score (nSPS) is 30.5. The fourth-order valence-corrected chi connectivity index (χ4v) is 4.61. The van der Waals surface area contributed by atoms with Crippen molar-refractivity contribution >= 4 is 11.8 Å². The molecule has 0 bridgehead atoms. The first kappa shape index (κ1) is 15.2. The number of benzene rings is 1. The van der Waals surface area contributed by atoms with E-state index in [-0.39, 0.29) is 11.7 Å². The Morgan fingerprint density at radius 1 is 1.43 bits per heavy atom. The van der Waals surface area contributed by atoms with Gasteiger partial charge in [0.25, 0.3) is 0 Å². The SMILES string of the molecule is CNC(C)c1ccccc1OC1CCOC2(CCSC2)C1. The number of para-hydroxylation sites is 1. The van der Waals surface area contributed by atoms with Crippen LogP contribution in [0, 0.1) is 0 Å².